The quantitative estimate of drug-likeness (QED) is 0.539. The van der Waals surface area contributed by atoms with E-state index in [9.17, 15) is 0 Å². The van der Waals surface area contributed by atoms with Crippen LogP contribution in [0.1, 0.15) is 59.3 Å². The second-order valence-corrected chi connectivity index (χ2v) is 6.69. The Hall–Kier alpha value is 0.310. The number of hydrogen-bond donors (Lipinski definition) is 1. The molecule has 0 saturated heterocycles. The SMILES string of the molecule is CC(C)(C)SNC1CCCCCC1. The summed E-state index contributed by atoms with van der Waals surface area (Å²) in [5.74, 6) is 0. The van der Waals surface area contributed by atoms with Gasteiger partial charge < -0.3 is 0 Å². The summed E-state index contributed by atoms with van der Waals surface area (Å²) >= 11 is 1.90. The van der Waals surface area contributed by atoms with Crippen LogP contribution in [-0.4, -0.2) is 10.8 Å². The fourth-order valence-corrected chi connectivity index (χ4v) is 2.41. The van der Waals surface area contributed by atoms with Gasteiger partial charge in [0.2, 0.25) is 0 Å². The van der Waals surface area contributed by atoms with E-state index in [4.69, 9.17) is 0 Å². The first-order valence-electron chi connectivity index (χ1n) is 5.51. The van der Waals surface area contributed by atoms with E-state index in [1.807, 2.05) is 11.9 Å². The summed E-state index contributed by atoms with van der Waals surface area (Å²) in [5.41, 5.74) is 0. The van der Waals surface area contributed by atoms with Crippen molar-refractivity contribution >= 4 is 11.9 Å². The molecule has 0 amide bonds. The lowest BCUT2D eigenvalue weighted by molar-refractivity contribution is 0.547. The molecule has 1 saturated carbocycles. The van der Waals surface area contributed by atoms with Gasteiger partial charge in [0.15, 0.2) is 0 Å². The molecule has 0 radical (unpaired) electrons. The van der Waals surface area contributed by atoms with Crippen molar-refractivity contribution in [3.63, 3.8) is 0 Å². The Balaban J connectivity index is 2.19. The standard InChI is InChI=1S/C11H23NS/c1-11(2,3)13-12-10-8-6-4-5-7-9-10/h10,12H,4-9H2,1-3H3. The first kappa shape index (κ1) is 11.4. The number of rotatable bonds is 2. The van der Waals surface area contributed by atoms with Crippen LogP contribution in [0.15, 0.2) is 0 Å². The van der Waals surface area contributed by atoms with Gasteiger partial charge in [-0.25, -0.2) is 0 Å². The highest BCUT2D eigenvalue weighted by Gasteiger charge is 2.16. The molecule has 1 N–H and O–H groups in total. The molecule has 0 bridgehead atoms. The zero-order valence-electron chi connectivity index (χ0n) is 9.23. The number of hydrogen-bond acceptors (Lipinski definition) is 2. The molecule has 1 aliphatic rings. The van der Waals surface area contributed by atoms with Gasteiger partial charge in [0.05, 0.1) is 0 Å². The van der Waals surface area contributed by atoms with E-state index in [-0.39, 0.29) is 0 Å². The third kappa shape index (κ3) is 5.58. The van der Waals surface area contributed by atoms with Crippen LogP contribution in [0.3, 0.4) is 0 Å². The van der Waals surface area contributed by atoms with Crippen LogP contribution in [0.5, 0.6) is 0 Å². The molecule has 0 spiro atoms. The minimum Gasteiger partial charge on any atom is -0.261 e. The van der Waals surface area contributed by atoms with Crippen molar-refractivity contribution in [2.75, 3.05) is 0 Å². The highest BCUT2D eigenvalue weighted by molar-refractivity contribution is 7.98. The summed E-state index contributed by atoms with van der Waals surface area (Å²) < 4.78 is 3.97. The summed E-state index contributed by atoms with van der Waals surface area (Å²) in [6.45, 7) is 6.80. The van der Waals surface area contributed by atoms with E-state index in [2.05, 4.69) is 25.5 Å². The minimum absolute atomic E-state index is 0.353. The van der Waals surface area contributed by atoms with Crippen LogP contribution in [-0.2, 0) is 0 Å². The van der Waals surface area contributed by atoms with Crippen LogP contribution < -0.4 is 4.72 Å². The van der Waals surface area contributed by atoms with Crippen molar-refractivity contribution in [2.45, 2.75) is 70.1 Å². The van der Waals surface area contributed by atoms with E-state index in [0.717, 1.165) is 6.04 Å². The van der Waals surface area contributed by atoms with Gasteiger partial charge in [-0.15, -0.1) is 0 Å². The third-order valence-corrected chi connectivity index (χ3v) is 3.45. The molecular formula is C11H23NS. The van der Waals surface area contributed by atoms with Crippen LogP contribution >= 0.6 is 11.9 Å². The van der Waals surface area contributed by atoms with Crippen LogP contribution in [0.25, 0.3) is 0 Å². The minimum atomic E-state index is 0.353. The van der Waals surface area contributed by atoms with Crippen LogP contribution in [0.2, 0.25) is 0 Å². The average molecular weight is 201 g/mol. The molecule has 1 aliphatic carbocycles. The smallest absolute Gasteiger partial charge is 0.0220 e. The van der Waals surface area contributed by atoms with E-state index in [1.54, 1.807) is 0 Å². The largest absolute Gasteiger partial charge is 0.261 e. The van der Waals surface area contributed by atoms with E-state index < -0.39 is 0 Å². The molecule has 0 aliphatic heterocycles. The zero-order chi connectivity index (χ0) is 9.73. The Morgan fingerprint density at radius 2 is 1.54 bits per heavy atom. The summed E-state index contributed by atoms with van der Waals surface area (Å²) in [6, 6.07) is 0.770. The molecule has 0 aromatic rings. The van der Waals surface area contributed by atoms with Gasteiger partial charge in [-0.2, -0.15) is 0 Å². The summed E-state index contributed by atoms with van der Waals surface area (Å²) in [4.78, 5) is 0. The monoisotopic (exact) mass is 201 g/mol. The molecule has 1 rings (SSSR count). The number of nitrogens with one attached hydrogen (secondary N) is 1. The first-order valence-corrected chi connectivity index (χ1v) is 6.33. The van der Waals surface area contributed by atoms with Crippen LogP contribution in [0.4, 0.5) is 0 Å². The Labute approximate surface area is 87.2 Å². The maximum absolute atomic E-state index is 3.62. The molecule has 0 aromatic heterocycles. The molecule has 2 heteroatoms. The van der Waals surface area contributed by atoms with Crippen molar-refractivity contribution in [3.05, 3.63) is 0 Å². The van der Waals surface area contributed by atoms with Crippen molar-refractivity contribution in [1.29, 1.82) is 0 Å². The Kier molecular flexibility index (Phi) is 4.60. The van der Waals surface area contributed by atoms with E-state index in [1.165, 1.54) is 38.5 Å². The molecule has 0 unspecified atom stereocenters. The maximum Gasteiger partial charge on any atom is 0.0220 e. The van der Waals surface area contributed by atoms with E-state index in [0.29, 0.717) is 4.75 Å². The second kappa shape index (κ2) is 5.26. The second-order valence-electron chi connectivity index (χ2n) is 5.02. The molecule has 1 fully saturated rings. The maximum atomic E-state index is 3.62. The predicted octanol–water partition coefficient (Wildman–Crippen LogP) is 3.75. The van der Waals surface area contributed by atoms with Gasteiger partial charge in [-0.3, -0.25) is 4.72 Å². The highest BCUT2D eigenvalue weighted by Crippen LogP contribution is 2.24. The highest BCUT2D eigenvalue weighted by atomic mass is 32.2. The van der Waals surface area contributed by atoms with Crippen molar-refractivity contribution in [3.8, 4) is 0 Å². The Morgan fingerprint density at radius 3 is 2.00 bits per heavy atom. The molecule has 0 atom stereocenters. The normalized spacial score (nSPS) is 21.5. The molecule has 0 aromatic carbocycles. The van der Waals surface area contributed by atoms with Crippen molar-refractivity contribution < 1.29 is 0 Å². The van der Waals surface area contributed by atoms with Gasteiger partial charge in [-0.05, 0) is 33.6 Å². The Morgan fingerprint density at radius 1 is 1.00 bits per heavy atom. The summed E-state index contributed by atoms with van der Waals surface area (Å²) in [5, 5.41) is 0. The van der Waals surface area contributed by atoms with Gasteiger partial charge >= 0.3 is 0 Å². The molecule has 13 heavy (non-hydrogen) atoms. The zero-order valence-corrected chi connectivity index (χ0v) is 10.0. The lowest BCUT2D eigenvalue weighted by atomic mass is 10.1. The summed E-state index contributed by atoms with van der Waals surface area (Å²) in [7, 11) is 0. The molecule has 0 heterocycles. The molecule has 78 valence electrons. The Bertz CT molecular complexity index is 132. The summed E-state index contributed by atoms with van der Waals surface area (Å²) in [6.07, 6.45) is 8.48. The van der Waals surface area contributed by atoms with Gasteiger partial charge in [0, 0.05) is 10.8 Å². The molecule has 1 nitrogen and oxygen atoms in total. The van der Waals surface area contributed by atoms with Gasteiger partial charge in [0.25, 0.3) is 0 Å². The van der Waals surface area contributed by atoms with Crippen molar-refractivity contribution in [2.24, 2.45) is 0 Å². The fraction of sp³-hybridized carbons (Fsp3) is 1.00. The van der Waals surface area contributed by atoms with Crippen LogP contribution in [0, 0.1) is 0 Å². The van der Waals surface area contributed by atoms with Gasteiger partial charge in [0.1, 0.15) is 0 Å². The third-order valence-electron chi connectivity index (χ3n) is 2.39. The predicted molar refractivity (Wildman–Crippen MR) is 62.0 cm³/mol. The topological polar surface area (TPSA) is 12.0 Å². The molecular weight excluding hydrogens is 178 g/mol. The lowest BCUT2D eigenvalue weighted by Gasteiger charge is -2.23. The first-order chi connectivity index (χ1) is 6.08. The van der Waals surface area contributed by atoms with E-state index >= 15 is 0 Å². The average Bonchev–Trinajstić information content (AvgIpc) is 2.26. The van der Waals surface area contributed by atoms with Crippen molar-refractivity contribution in [1.82, 2.24) is 4.72 Å². The fourth-order valence-electron chi connectivity index (χ4n) is 1.66. The lowest BCUT2D eigenvalue weighted by Crippen LogP contribution is -2.27. The van der Waals surface area contributed by atoms with Gasteiger partial charge in [-0.1, -0.05) is 37.6 Å².